The van der Waals surface area contributed by atoms with Crippen molar-refractivity contribution in [2.75, 3.05) is 5.32 Å². The Bertz CT molecular complexity index is 850. The molecule has 4 nitrogen and oxygen atoms in total. The number of carbonyl (C=O) groups is 1. The number of nitrogens with one attached hydrogen (secondary N) is 1. The molecule has 0 aliphatic heterocycles. The minimum Gasteiger partial charge on any atom is -0.459 e. The fourth-order valence-electron chi connectivity index (χ4n) is 2.13. The summed E-state index contributed by atoms with van der Waals surface area (Å²) >= 11 is 7.31. The van der Waals surface area contributed by atoms with Gasteiger partial charge >= 0.3 is 5.97 Å². The number of thiazole rings is 1. The predicted molar refractivity (Wildman–Crippen MR) is 96.7 cm³/mol. The molecule has 128 valence electrons. The molecule has 25 heavy (non-hydrogen) atoms. The van der Waals surface area contributed by atoms with Crippen LogP contribution in [0.15, 0.2) is 53.9 Å². The number of ether oxygens (including phenoxy) is 1. The van der Waals surface area contributed by atoms with Crippen molar-refractivity contribution in [3.05, 3.63) is 76.0 Å². The Hall–Kier alpha value is -2.44. The van der Waals surface area contributed by atoms with Gasteiger partial charge in [0, 0.05) is 21.7 Å². The molecule has 2 aromatic carbocycles. The van der Waals surface area contributed by atoms with E-state index in [-0.39, 0.29) is 23.6 Å². The van der Waals surface area contributed by atoms with Crippen LogP contribution < -0.4 is 5.32 Å². The lowest BCUT2D eigenvalue weighted by molar-refractivity contribution is -0.144. The molecule has 1 N–H and O–H groups in total. The first-order chi connectivity index (χ1) is 12.1. The van der Waals surface area contributed by atoms with Gasteiger partial charge in [-0.25, -0.2) is 9.37 Å². The molecule has 0 aliphatic rings. The number of hydrogen-bond donors (Lipinski definition) is 1. The number of para-hydroxylation sites is 1. The molecule has 0 fully saturated rings. The second-order valence-corrected chi connectivity index (χ2v) is 6.44. The van der Waals surface area contributed by atoms with Crippen LogP contribution in [0.25, 0.3) is 0 Å². The largest absolute Gasteiger partial charge is 0.459 e. The standard InChI is InChI=1S/C18H14ClFN2O2S/c19-15-7-4-8-16(20)14(15)9-17(23)24-10-13-11-25-18(22-13)21-12-5-2-1-3-6-12/h1-8,11H,9-10H2,(H,21,22). The number of hydrogen-bond acceptors (Lipinski definition) is 5. The molecule has 0 spiro atoms. The third-order valence-electron chi connectivity index (χ3n) is 3.34. The number of anilines is 2. The number of benzene rings is 2. The first kappa shape index (κ1) is 17.4. The topological polar surface area (TPSA) is 51.2 Å². The lowest BCUT2D eigenvalue weighted by atomic mass is 10.1. The summed E-state index contributed by atoms with van der Waals surface area (Å²) in [6.07, 6.45) is -0.217. The van der Waals surface area contributed by atoms with Gasteiger partial charge in [-0.15, -0.1) is 11.3 Å². The zero-order chi connectivity index (χ0) is 17.6. The van der Waals surface area contributed by atoms with Gasteiger partial charge in [-0.1, -0.05) is 35.9 Å². The highest BCUT2D eigenvalue weighted by Gasteiger charge is 2.13. The minimum atomic E-state index is -0.558. The minimum absolute atomic E-state index is 0.0257. The lowest BCUT2D eigenvalue weighted by Gasteiger charge is -2.06. The summed E-state index contributed by atoms with van der Waals surface area (Å²) in [5.74, 6) is -1.08. The highest BCUT2D eigenvalue weighted by Crippen LogP contribution is 2.22. The summed E-state index contributed by atoms with van der Waals surface area (Å²) in [5, 5.41) is 5.88. The van der Waals surface area contributed by atoms with E-state index >= 15 is 0 Å². The molecule has 0 unspecified atom stereocenters. The summed E-state index contributed by atoms with van der Waals surface area (Å²) in [7, 11) is 0. The SMILES string of the molecule is O=C(Cc1c(F)cccc1Cl)OCc1csc(Nc2ccccc2)n1. The van der Waals surface area contributed by atoms with Crippen LogP contribution in [-0.2, 0) is 22.6 Å². The molecule has 0 saturated carbocycles. The van der Waals surface area contributed by atoms with E-state index in [1.165, 1.54) is 29.5 Å². The second-order valence-electron chi connectivity index (χ2n) is 5.17. The van der Waals surface area contributed by atoms with E-state index in [0.29, 0.717) is 10.8 Å². The Morgan fingerprint density at radius 2 is 2.00 bits per heavy atom. The average molecular weight is 377 g/mol. The van der Waals surface area contributed by atoms with Crippen LogP contribution in [0.1, 0.15) is 11.3 Å². The fraction of sp³-hybridized carbons (Fsp3) is 0.111. The zero-order valence-corrected chi connectivity index (χ0v) is 14.6. The van der Waals surface area contributed by atoms with Crippen LogP contribution in [0.5, 0.6) is 0 Å². The molecule has 0 aliphatic carbocycles. The van der Waals surface area contributed by atoms with E-state index in [1.807, 2.05) is 30.3 Å². The average Bonchev–Trinajstić information content (AvgIpc) is 3.05. The molecule has 3 aromatic rings. The lowest BCUT2D eigenvalue weighted by Crippen LogP contribution is -2.10. The quantitative estimate of drug-likeness (QED) is 0.617. The van der Waals surface area contributed by atoms with Crippen molar-refractivity contribution in [1.29, 1.82) is 0 Å². The van der Waals surface area contributed by atoms with E-state index in [9.17, 15) is 9.18 Å². The molecule has 0 bridgehead atoms. The molecule has 0 atom stereocenters. The molecular weight excluding hydrogens is 363 g/mol. The fourth-order valence-corrected chi connectivity index (χ4v) is 3.07. The van der Waals surface area contributed by atoms with Crippen LogP contribution >= 0.6 is 22.9 Å². The summed E-state index contributed by atoms with van der Waals surface area (Å²) in [4.78, 5) is 16.3. The summed E-state index contributed by atoms with van der Waals surface area (Å²) < 4.78 is 18.8. The Labute approximate surface area is 153 Å². The van der Waals surface area contributed by atoms with Gasteiger partial charge in [0.15, 0.2) is 5.13 Å². The summed E-state index contributed by atoms with van der Waals surface area (Å²) in [6.45, 7) is 0.0257. The van der Waals surface area contributed by atoms with Gasteiger partial charge in [-0.2, -0.15) is 0 Å². The number of carbonyl (C=O) groups excluding carboxylic acids is 1. The Balaban J connectivity index is 1.54. The van der Waals surface area contributed by atoms with Crippen LogP contribution in [0.4, 0.5) is 15.2 Å². The van der Waals surface area contributed by atoms with Crippen LogP contribution in [0, 0.1) is 5.82 Å². The van der Waals surface area contributed by atoms with Gasteiger partial charge < -0.3 is 10.1 Å². The van der Waals surface area contributed by atoms with Crippen molar-refractivity contribution in [3.63, 3.8) is 0 Å². The van der Waals surface area contributed by atoms with Crippen molar-refractivity contribution < 1.29 is 13.9 Å². The van der Waals surface area contributed by atoms with Crippen molar-refractivity contribution in [3.8, 4) is 0 Å². The molecule has 0 amide bonds. The first-order valence-electron chi connectivity index (χ1n) is 7.47. The maximum atomic E-state index is 13.7. The maximum absolute atomic E-state index is 13.7. The third kappa shape index (κ3) is 4.78. The van der Waals surface area contributed by atoms with Gasteiger partial charge in [-0.3, -0.25) is 4.79 Å². The van der Waals surface area contributed by atoms with Crippen molar-refractivity contribution in [2.45, 2.75) is 13.0 Å². The zero-order valence-electron chi connectivity index (χ0n) is 13.0. The molecule has 1 heterocycles. The van der Waals surface area contributed by atoms with E-state index in [1.54, 1.807) is 5.38 Å². The van der Waals surface area contributed by atoms with E-state index in [2.05, 4.69) is 10.3 Å². The molecule has 0 saturated heterocycles. The number of halogens is 2. The maximum Gasteiger partial charge on any atom is 0.310 e. The van der Waals surface area contributed by atoms with E-state index < -0.39 is 11.8 Å². The van der Waals surface area contributed by atoms with Crippen molar-refractivity contribution in [1.82, 2.24) is 4.98 Å². The number of esters is 1. The van der Waals surface area contributed by atoms with Crippen LogP contribution in [0.2, 0.25) is 5.02 Å². The summed E-state index contributed by atoms with van der Waals surface area (Å²) in [6, 6.07) is 13.9. The molecule has 0 radical (unpaired) electrons. The number of nitrogens with zero attached hydrogens (tertiary/aromatic N) is 1. The highest BCUT2D eigenvalue weighted by atomic mass is 35.5. The van der Waals surface area contributed by atoms with E-state index in [0.717, 1.165) is 5.69 Å². The van der Waals surface area contributed by atoms with Crippen LogP contribution in [0.3, 0.4) is 0 Å². The van der Waals surface area contributed by atoms with E-state index in [4.69, 9.17) is 16.3 Å². The smallest absolute Gasteiger partial charge is 0.310 e. The normalized spacial score (nSPS) is 10.5. The second kappa shape index (κ2) is 8.09. The van der Waals surface area contributed by atoms with Crippen molar-refractivity contribution >= 4 is 39.7 Å². The van der Waals surface area contributed by atoms with Crippen molar-refractivity contribution in [2.24, 2.45) is 0 Å². The molecular formula is C18H14ClFN2O2S. The van der Waals surface area contributed by atoms with Gasteiger partial charge in [0.05, 0.1) is 12.1 Å². The highest BCUT2D eigenvalue weighted by molar-refractivity contribution is 7.13. The first-order valence-corrected chi connectivity index (χ1v) is 8.72. The van der Waals surface area contributed by atoms with Gasteiger partial charge in [-0.05, 0) is 24.3 Å². The number of rotatable bonds is 6. The third-order valence-corrected chi connectivity index (χ3v) is 4.50. The molecule has 7 heteroatoms. The predicted octanol–water partition coefficient (Wildman–Crippen LogP) is 4.97. The van der Waals surface area contributed by atoms with Gasteiger partial charge in [0.2, 0.25) is 0 Å². The monoisotopic (exact) mass is 376 g/mol. The Morgan fingerprint density at radius 1 is 1.20 bits per heavy atom. The molecule has 1 aromatic heterocycles. The number of aromatic nitrogens is 1. The molecule has 3 rings (SSSR count). The van der Waals surface area contributed by atoms with Crippen LogP contribution in [-0.4, -0.2) is 11.0 Å². The van der Waals surface area contributed by atoms with Gasteiger partial charge in [0.25, 0.3) is 0 Å². The Kier molecular flexibility index (Phi) is 5.63. The Morgan fingerprint density at radius 3 is 2.76 bits per heavy atom. The summed E-state index contributed by atoms with van der Waals surface area (Å²) in [5.41, 5.74) is 1.69. The van der Waals surface area contributed by atoms with Gasteiger partial charge in [0.1, 0.15) is 12.4 Å².